The molecular weight excluding hydrogens is 461 g/mol. The van der Waals surface area contributed by atoms with Crippen molar-refractivity contribution in [2.24, 2.45) is 0 Å². The molecule has 2 unspecified atom stereocenters. The molecule has 1 fully saturated rings. The molecule has 1 saturated heterocycles. The zero-order valence-corrected chi connectivity index (χ0v) is 18.0. The summed E-state index contributed by atoms with van der Waals surface area (Å²) in [5.41, 5.74) is 0.342. The fourth-order valence-corrected chi connectivity index (χ4v) is 5.42. The van der Waals surface area contributed by atoms with E-state index >= 15 is 0 Å². The normalized spacial score (nSPS) is 22.7. The van der Waals surface area contributed by atoms with Crippen LogP contribution >= 0.6 is 54.1 Å². The van der Waals surface area contributed by atoms with Gasteiger partial charge in [-0.05, 0) is 18.2 Å². The van der Waals surface area contributed by atoms with Gasteiger partial charge in [0.1, 0.15) is 6.17 Å². The molecule has 0 radical (unpaired) electrons. The molecule has 152 valence electrons. The van der Waals surface area contributed by atoms with E-state index in [1.807, 2.05) is 0 Å². The Labute approximate surface area is 177 Å². The molecule has 0 aromatic heterocycles. The third-order valence-electron chi connectivity index (χ3n) is 3.70. The van der Waals surface area contributed by atoms with Crippen molar-refractivity contribution in [3.63, 3.8) is 0 Å². The van der Waals surface area contributed by atoms with Crippen LogP contribution in [0.4, 0.5) is 10.5 Å². The first kappa shape index (κ1) is 23.0. The number of benzene rings is 1. The SMILES string of the molecule is O=C(Nc1ccc(Cl)c(Cl)c1)N(O)C1CCOP(=O)(N(CCCl)CCCl)N1. The Morgan fingerprint density at radius 1 is 1.30 bits per heavy atom. The number of hydrogen-bond donors (Lipinski definition) is 3. The number of hydroxylamine groups is 2. The van der Waals surface area contributed by atoms with Gasteiger partial charge in [-0.1, -0.05) is 23.2 Å². The number of halogens is 4. The third kappa shape index (κ3) is 6.10. The Kier molecular flexibility index (Phi) is 8.93. The van der Waals surface area contributed by atoms with Crippen LogP contribution in [0.3, 0.4) is 0 Å². The van der Waals surface area contributed by atoms with E-state index < -0.39 is 19.9 Å². The second-order valence-corrected chi connectivity index (χ2v) is 9.22. The molecule has 2 rings (SSSR count). The summed E-state index contributed by atoms with van der Waals surface area (Å²) in [4.78, 5) is 12.3. The Morgan fingerprint density at radius 2 is 1.96 bits per heavy atom. The topological polar surface area (TPSA) is 94.1 Å². The first-order valence-corrected chi connectivity index (χ1v) is 11.3. The number of nitrogens with zero attached hydrogens (tertiary/aromatic N) is 2. The standard InChI is InChI=1S/C14H19Cl4N4O4P/c15-4-6-21(7-5-16)27(25)20-13(3-8-26-27)22(24)14(23)19-10-1-2-11(17)12(18)9-10/h1-2,9,13,24H,3-8H2,(H,19,23)(H,20,25). The Bertz CT molecular complexity index is 708. The van der Waals surface area contributed by atoms with Crippen molar-refractivity contribution in [1.29, 1.82) is 0 Å². The van der Waals surface area contributed by atoms with Crippen molar-refractivity contribution in [2.45, 2.75) is 12.6 Å². The second kappa shape index (κ2) is 10.5. The maximum absolute atomic E-state index is 13.1. The zero-order chi connectivity index (χ0) is 20.0. The molecule has 27 heavy (non-hydrogen) atoms. The molecule has 0 saturated carbocycles. The van der Waals surface area contributed by atoms with Crippen LogP contribution in [-0.2, 0) is 9.09 Å². The van der Waals surface area contributed by atoms with Crippen molar-refractivity contribution in [3.8, 4) is 0 Å². The summed E-state index contributed by atoms with van der Waals surface area (Å²) < 4.78 is 19.9. The van der Waals surface area contributed by atoms with Gasteiger partial charge < -0.3 is 9.84 Å². The summed E-state index contributed by atoms with van der Waals surface area (Å²) in [6, 6.07) is 3.66. The van der Waals surface area contributed by atoms with Gasteiger partial charge in [0.25, 0.3) is 0 Å². The number of urea groups is 1. The molecule has 0 spiro atoms. The first-order chi connectivity index (χ1) is 12.8. The fourth-order valence-electron chi connectivity index (χ4n) is 2.38. The van der Waals surface area contributed by atoms with E-state index in [0.29, 0.717) is 15.8 Å². The molecule has 1 aliphatic heterocycles. The van der Waals surface area contributed by atoms with Gasteiger partial charge in [0.2, 0.25) is 0 Å². The monoisotopic (exact) mass is 478 g/mol. The molecule has 1 aromatic carbocycles. The van der Waals surface area contributed by atoms with Gasteiger partial charge in [-0.25, -0.2) is 14.6 Å². The van der Waals surface area contributed by atoms with Crippen LogP contribution in [0.1, 0.15) is 6.42 Å². The highest BCUT2D eigenvalue weighted by molar-refractivity contribution is 7.54. The smallest absolute Gasteiger partial charge is 0.306 e. The van der Waals surface area contributed by atoms with Gasteiger partial charge in [0.05, 0.1) is 16.7 Å². The van der Waals surface area contributed by atoms with Crippen LogP contribution < -0.4 is 10.4 Å². The molecule has 13 heteroatoms. The minimum atomic E-state index is -3.51. The highest BCUT2D eigenvalue weighted by Crippen LogP contribution is 2.49. The van der Waals surface area contributed by atoms with E-state index in [1.54, 1.807) is 0 Å². The van der Waals surface area contributed by atoms with Crippen LogP contribution in [0.25, 0.3) is 0 Å². The van der Waals surface area contributed by atoms with Crippen LogP contribution in [-0.4, -0.2) is 58.6 Å². The predicted molar refractivity (Wildman–Crippen MR) is 107 cm³/mol. The van der Waals surface area contributed by atoms with E-state index in [-0.39, 0.29) is 42.9 Å². The van der Waals surface area contributed by atoms with Crippen LogP contribution in [0.2, 0.25) is 10.0 Å². The number of nitrogens with one attached hydrogen (secondary N) is 2. The average Bonchev–Trinajstić information content (AvgIpc) is 2.64. The maximum Gasteiger partial charge on any atom is 0.347 e. The van der Waals surface area contributed by atoms with E-state index in [9.17, 15) is 14.6 Å². The lowest BCUT2D eigenvalue weighted by atomic mass is 10.3. The zero-order valence-electron chi connectivity index (χ0n) is 14.1. The summed E-state index contributed by atoms with van der Waals surface area (Å²) in [7, 11) is -3.51. The number of carbonyl (C=O) groups excluding carboxylic acids is 1. The van der Waals surface area contributed by atoms with Gasteiger partial charge in [0.15, 0.2) is 0 Å². The Morgan fingerprint density at radius 3 is 2.56 bits per heavy atom. The summed E-state index contributed by atoms with van der Waals surface area (Å²) in [5.74, 6) is 0.439. The Balaban J connectivity index is 2.06. The number of rotatable bonds is 7. The number of amides is 2. The van der Waals surface area contributed by atoms with Crippen LogP contribution in [0.5, 0.6) is 0 Å². The van der Waals surface area contributed by atoms with E-state index in [4.69, 9.17) is 50.9 Å². The third-order valence-corrected chi connectivity index (χ3v) is 7.08. The molecule has 1 aliphatic rings. The lowest BCUT2D eigenvalue weighted by Crippen LogP contribution is -2.52. The molecule has 8 nitrogen and oxygen atoms in total. The number of anilines is 1. The van der Waals surface area contributed by atoms with Gasteiger partial charge >= 0.3 is 13.7 Å². The maximum atomic E-state index is 13.1. The Hall–Kier alpha value is -0.280. The summed E-state index contributed by atoms with van der Waals surface area (Å²) >= 11 is 23.2. The van der Waals surface area contributed by atoms with E-state index in [1.165, 1.54) is 22.9 Å². The molecule has 1 heterocycles. The highest BCUT2D eigenvalue weighted by Gasteiger charge is 2.40. The van der Waals surface area contributed by atoms with Crippen molar-refractivity contribution in [2.75, 3.05) is 36.8 Å². The molecule has 0 bridgehead atoms. The fraction of sp³-hybridized carbons (Fsp3) is 0.500. The van der Waals surface area contributed by atoms with Gasteiger partial charge in [-0.3, -0.25) is 9.77 Å². The van der Waals surface area contributed by atoms with Gasteiger partial charge in [0, 0.05) is 37.0 Å². The quantitative estimate of drug-likeness (QED) is 0.231. The van der Waals surface area contributed by atoms with E-state index in [0.717, 1.165) is 0 Å². The number of alkyl halides is 2. The minimum Gasteiger partial charge on any atom is -0.306 e. The van der Waals surface area contributed by atoms with Crippen LogP contribution in [0, 0.1) is 0 Å². The summed E-state index contributed by atoms with van der Waals surface area (Å²) in [5, 5.41) is 16.4. The van der Waals surface area contributed by atoms with Crippen molar-refractivity contribution in [1.82, 2.24) is 14.8 Å². The van der Waals surface area contributed by atoms with Gasteiger partial charge in [-0.15, -0.1) is 23.2 Å². The minimum absolute atomic E-state index is 0.0765. The summed E-state index contributed by atoms with van der Waals surface area (Å²) in [6.45, 7) is 0.617. The second-order valence-electron chi connectivity index (χ2n) is 5.52. The average molecular weight is 480 g/mol. The predicted octanol–water partition coefficient (Wildman–Crippen LogP) is 4.44. The van der Waals surface area contributed by atoms with Crippen molar-refractivity contribution < 1.29 is 19.1 Å². The van der Waals surface area contributed by atoms with Crippen molar-refractivity contribution >= 4 is 65.8 Å². The summed E-state index contributed by atoms with van der Waals surface area (Å²) in [6.07, 6.45) is -0.703. The highest BCUT2D eigenvalue weighted by atomic mass is 35.5. The molecule has 0 aliphatic carbocycles. The molecule has 3 N–H and O–H groups in total. The lowest BCUT2D eigenvalue weighted by molar-refractivity contribution is -0.0876. The van der Waals surface area contributed by atoms with Crippen molar-refractivity contribution in [3.05, 3.63) is 28.2 Å². The van der Waals surface area contributed by atoms with Gasteiger partial charge in [-0.2, -0.15) is 5.06 Å². The first-order valence-electron chi connectivity index (χ1n) is 7.94. The molecule has 2 atom stereocenters. The number of carbonyl (C=O) groups is 1. The lowest BCUT2D eigenvalue weighted by Gasteiger charge is -2.39. The molecular formula is C14H19Cl4N4O4P. The van der Waals surface area contributed by atoms with E-state index in [2.05, 4.69) is 10.4 Å². The van der Waals surface area contributed by atoms with Crippen LogP contribution in [0.15, 0.2) is 18.2 Å². The molecule has 2 amide bonds. The largest absolute Gasteiger partial charge is 0.347 e. The molecule has 1 aromatic rings. The number of hydrogen-bond acceptors (Lipinski definition) is 4.